The maximum atomic E-state index is 12.6. The van der Waals surface area contributed by atoms with E-state index in [1.165, 1.54) is 103 Å². The van der Waals surface area contributed by atoms with E-state index in [4.69, 9.17) is 18.9 Å². The first kappa shape index (κ1) is 41.2. The molecule has 0 saturated carbocycles. The number of carbonyl (C=O) groups is 1. The summed E-state index contributed by atoms with van der Waals surface area (Å²) in [4.78, 5) is 12.6. The zero-order chi connectivity index (χ0) is 32.3. The molecular formula is C35H68O9. The minimum Gasteiger partial charge on any atom is -0.457 e. The number of esters is 1. The molecule has 1 heterocycles. The van der Waals surface area contributed by atoms with Crippen LogP contribution in [0.1, 0.15) is 155 Å². The van der Waals surface area contributed by atoms with E-state index in [9.17, 15) is 25.2 Å². The number of hydrogen-bond donors (Lipinski definition) is 4. The fourth-order valence-electron chi connectivity index (χ4n) is 5.61. The number of unbranched alkanes of at least 4 members (excludes halogenated alkanes) is 19. The fraction of sp³-hybridized carbons (Fsp3) is 0.971. The van der Waals surface area contributed by atoms with E-state index < -0.39 is 43.4 Å². The molecule has 0 aromatic carbocycles. The van der Waals surface area contributed by atoms with Gasteiger partial charge in [0, 0.05) is 13.0 Å². The Morgan fingerprint density at radius 1 is 0.636 bits per heavy atom. The third-order valence-electron chi connectivity index (χ3n) is 8.52. The van der Waals surface area contributed by atoms with E-state index in [2.05, 4.69) is 13.8 Å². The standard InChI is InChI=1S/C35H68O9/c1-3-5-7-9-11-13-15-16-18-20-22-24-31(37)43-29(27-41-25-23-21-19-17-14-12-10-8-6-4-2)28-42-35-34(40)33(39)32(38)30(26-36)44-35/h29-30,32-36,38-40H,3-28H2,1-2H3. The van der Waals surface area contributed by atoms with Gasteiger partial charge in [-0.15, -0.1) is 0 Å². The first-order chi connectivity index (χ1) is 21.4. The number of aliphatic hydroxyl groups excluding tert-OH is 4. The summed E-state index contributed by atoms with van der Waals surface area (Å²) >= 11 is 0. The molecule has 0 spiro atoms. The maximum absolute atomic E-state index is 12.6. The lowest BCUT2D eigenvalue weighted by Gasteiger charge is -2.39. The summed E-state index contributed by atoms with van der Waals surface area (Å²) in [5.74, 6) is -0.314. The fourth-order valence-corrected chi connectivity index (χ4v) is 5.61. The van der Waals surface area contributed by atoms with Crippen LogP contribution in [0.5, 0.6) is 0 Å². The molecule has 0 radical (unpaired) electrons. The first-order valence-corrected chi connectivity index (χ1v) is 18.1. The Balaban J connectivity index is 2.35. The van der Waals surface area contributed by atoms with Crippen LogP contribution in [0.15, 0.2) is 0 Å². The molecule has 0 aromatic rings. The predicted molar refractivity (Wildman–Crippen MR) is 173 cm³/mol. The third kappa shape index (κ3) is 20.3. The first-order valence-electron chi connectivity index (χ1n) is 18.1. The summed E-state index contributed by atoms with van der Waals surface area (Å²) in [5.41, 5.74) is 0. The molecule has 1 aliphatic heterocycles. The Morgan fingerprint density at radius 3 is 1.61 bits per heavy atom. The van der Waals surface area contributed by atoms with Crippen molar-refractivity contribution in [3.8, 4) is 0 Å². The molecule has 1 saturated heterocycles. The van der Waals surface area contributed by atoms with Crippen LogP contribution in [0, 0.1) is 0 Å². The highest BCUT2D eigenvalue weighted by Crippen LogP contribution is 2.22. The Morgan fingerprint density at radius 2 is 1.11 bits per heavy atom. The van der Waals surface area contributed by atoms with Gasteiger partial charge < -0.3 is 39.4 Å². The molecule has 262 valence electrons. The molecule has 0 aliphatic carbocycles. The quantitative estimate of drug-likeness (QED) is 0.0527. The van der Waals surface area contributed by atoms with Crippen LogP contribution in [0.25, 0.3) is 0 Å². The number of hydrogen-bond acceptors (Lipinski definition) is 9. The van der Waals surface area contributed by atoms with E-state index in [1.807, 2.05) is 0 Å². The molecule has 0 amide bonds. The second-order valence-corrected chi connectivity index (χ2v) is 12.7. The Kier molecular flexibility index (Phi) is 26.6. The van der Waals surface area contributed by atoms with Crippen LogP contribution < -0.4 is 0 Å². The van der Waals surface area contributed by atoms with Crippen LogP contribution in [0.3, 0.4) is 0 Å². The normalized spacial score (nSPS) is 22.7. The van der Waals surface area contributed by atoms with Crippen LogP contribution >= 0.6 is 0 Å². The molecule has 6 atom stereocenters. The van der Waals surface area contributed by atoms with E-state index >= 15 is 0 Å². The third-order valence-corrected chi connectivity index (χ3v) is 8.52. The van der Waals surface area contributed by atoms with E-state index in [0.717, 1.165) is 32.1 Å². The van der Waals surface area contributed by atoms with Crippen molar-refractivity contribution in [2.24, 2.45) is 0 Å². The lowest BCUT2D eigenvalue weighted by molar-refractivity contribution is -0.305. The summed E-state index contributed by atoms with van der Waals surface area (Å²) < 4.78 is 22.6. The summed E-state index contributed by atoms with van der Waals surface area (Å²) in [5, 5.41) is 39.8. The van der Waals surface area contributed by atoms with Crippen molar-refractivity contribution in [3.63, 3.8) is 0 Å². The van der Waals surface area contributed by atoms with Crippen molar-refractivity contribution >= 4 is 5.97 Å². The summed E-state index contributed by atoms with van der Waals surface area (Å²) in [6, 6.07) is 0. The molecule has 1 aliphatic rings. The van der Waals surface area contributed by atoms with Crippen molar-refractivity contribution in [3.05, 3.63) is 0 Å². The molecule has 1 fully saturated rings. The number of rotatable bonds is 30. The second-order valence-electron chi connectivity index (χ2n) is 12.7. The molecular weight excluding hydrogens is 564 g/mol. The van der Waals surface area contributed by atoms with Crippen molar-refractivity contribution < 1.29 is 44.2 Å². The average Bonchev–Trinajstić information content (AvgIpc) is 3.02. The lowest BCUT2D eigenvalue weighted by atomic mass is 9.99. The minimum absolute atomic E-state index is 0.106. The predicted octanol–water partition coefficient (Wildman–Crippen LogP) is 6.35. The molecule has 6 unspecified atom stereocenters. The topological polar surface area (TPSA) is 135 Å². The molecule has 4 N–H and O–H groups in total. The highest BCUT2D eigenvalue weighted by Gasteiger charge is 2.44. The molecule has 0 bridgehead atoms. The average molecular weight is 633 g/mol. The second kappa shape index (κ2) is 28.4. The Labute approximate surface area is 268 Å². The smallest absolute Gasteiger partial charge is 0.306 e. The molecule has 0 aromatic heterocycles. The van der Waals surface area contributed by atoms with Gasteiger partial charge in [-0.1, -0.05) is 136 Å². The van der Waals surface area contributed by atoms with Gasteiger partial charge in [0.25, 0.3) is 0 Å². The molecule has 9 nitrogen and oxygen atoms in total. The van der Waals surface area contributed by atoms with E-state index in [-0.39, 0.29) is 19.2 Å². The van der Waals surface area contributed by atoms with Crippen LogP contribution in [0.4, 0.5) is 0 Å². The van der Waals surface area contributed by atoms with Gasteiger partial charge in [-0.05, 0) is 12.8 Å². The van der Waals surface area contributed by atoms with Crippen LogP contribution in [-0.4, -0.2) is 89.6 Å². The monoisotopic (exact) mass is 632 g/mol. The van der Waals surface area contributed by atoms with Gasteiger partial charge in [-0.2, -0.15) is 0 Å². The Bertz CT molecular complexity index is 648. The number of aliphatic hydroxyl groups is 4. The lowest BCUT2D eigenvalue weighted by Crippen LogP contribution is -2.59. The Hall–Kier alpha value is -0.810. The molecule has 1 rings (SSSR count). The largest absolute Gasteiger partial charge is 0.457 e. The molecule has 44 heavy (non-hydrogen) atoms. The van der Waals surface area contributed by atoms with Gasteiger partial charge in [0.15, 0.2) is 6.29 Å². The van der Waals surface area contributed by atoms with Gasteiger partial charge >= 0.3 is 5.97 Å². The van der Waals surface area contributed by atoms with Crippen molar-refractivity contribution in [1.29, 1.82) is 0 Å². The summed E-state index contributed by atoms with van der Waals surface area (Å²) in [6.07, 6.45) is 18.4. The maximum Gasteiger partial charge on any atom is 0.306 e. The van der Waals surface area contributed by atoms with Crippen molar-refractivity contribution in [2.75, 3.05) is 26.4 Å². The van der Waals surface area contributed by atoms with Crippen LogP contribution in [-0.2, 0) is 23.7 Å². The zero-order valence-corrected chi connectivity index (χ0v) is 28.2. The van der Waals surface area contributed by atoms with E-state index in [1.54, 1.807) is 0 Å². The zero-order valence-electron chi connectivity index (χ0n) is 28.2. The van der Waals surface area contributed by atoms with Gasteiger partial charge in [-0.25, -0.2) is 0 Å². The SMILES string of the molecule is CCCCCCCCCCCCCC(=O)OC(COCCCCCCCCCCCC)COC1OC(CO)C(O)C(O)C1O. The van der Waals surface area contributed by atoms with Gasteiger partial charge in [0.05, 0.1) is 19.8 Å². The van der Waals surface area contributed by atoms with E-state index in [0.29, 0.717) is 13.0 Å². The minimum atomic E-state index is -1.53. The molecule has 9 heteroatoms. The summed E-state index contributed by atoms with van der Waals surface area (Å²) in [6.45, 7) is 4.54. The number of carbonyl (C=O) groups excluding carboxylic acids is 1. The highest BCUT2D eigenvalue weighted by atomic mass is 16.7. The van der Waals surface area contributed by atoms with Crippen molar-refractivity contribution in [1.82, 2.24) is 0 Å². The van der Waals surface area contributed by atoms with Gasteiger partial charge in [0.1, 0.15) is 30.5 Å². The van der Waals surface area contributed by atoms with Crippen molar-refractivity contribution in [2.45, 2.75) is 192 Å². The van der Waals surface area contributed by atoms with Crippen LogP contribution in [0.2, 0.25) is 0 Å². The number of ether oxygens (including phenoxy) is 4. The van der Waals surface area contributed by atoms with Gasteiger partial charge in [-0.3, -0.25) is 4.79 Å². The van der Waals surface area contributed by atoms with Gasteiger partial charge in [0.2, 0.25) is 0 Å². The highest BCUT2D eigenvalue weighted by molar-refractivity contribution is 5.69. The summed E-state index contributed by atoms with van der Waals surface area (Å²) in [7, 11) is 0.